The predicted molar refractivity (Wildman–Crippen MR) is 109 cm³/mol. The van der Waals surface area contributed by atoms with E-state index in [0.29, 0.717) is 30.3 Å². The van der Waals surface area contributed by atoms with Crippen LogP contribution in [0.4, 0.5) is 0 Å². The Morgan fingerprint density at radius 3 is 2.54 bits per heavy atom. The molecule has 1 amide bonds. The van der Waals surface area contributed by atoms with E-state index in [-0.39, 0.29) is 24.2 Å². The summed E-state index contributed by atoms with van der Waals surface area (Å²) in [4.78, 5) is 31.9. The second-order valence-corrected chi connectivity index (χ2v) is 7.48. The van der Waals surface area contributed by atoms with Crippen molar-refractivity contribution in [3.8, 4) is 11.3 Å². The zero-order chi connectivity index (χ0) is 19.3. The topological polar surface area (TPSA) is 59.5 Å². The number of Topliss-reactive ketones (excluding diaryl/α,β-unsaturated/α-hetero) is 1. The van der Waals surface area contributed by atoms with Crippen molar-refractivity contribution in [3.05, 3.63) is 76.6 Å². The van der Waals surface area contributed by atoms with Crippen LogP contribution in [0.15, 0.2) is 66.0 Å². The molecule has 5 nitrogen and oxygen atoms in total. The van der Waals surface area contributed by atoms with Crippen LogP contribution in [0.5, 0.6) is 0 Å². The summed E-state index contributed by atoms with van der Waals surface area (Å²) in [7, 11) is 0. The van der Waals surface area contributed by atoms with Crippen molar-refractivity contribution in [2.75, 3.05) is 19.8 Å². The molecule has 0 unspecified atom stereocenters. The van der Waals surface area contributed by atoms with Gasteiger partial charge >= 0.3 is 0 Å². The Bertz CT molecular complexity index is 956. The Morgan fingerprint density at radius 1 is 1.07 bits per heavy atom. The summed E-state index contributed by atoms with van der Waals surface area (Å²) in [5.41, 5.74) is 2.43. The quantitative estimate of drug-likeness (QED) is 0.618. The standard InChI is InChI=1S/C22H20N2O3S/c25-20(17-9-5-2-6-10-17)13-18-14-27-12-11-24(18)22(26)21-23-19(15-28-21)16-7-3-1-4-8-16/h1-10,15,18H,11-14H2/t18-/m1/s1. The van der Waals surface area contributed by atoms with Gasteiger partial charge in [0.15, 0.2) is 10.8 Å². The fourth-order valence-electron chi connectivity index (χ4n) is 3.28. The second kappa shape index (κ2) is 8.46. The first kappa shape index (κ1) is 18.5. The molecule has 0 radical (unpaired) electrons. The third-order valence-electron chi connectivity index (χ3n) is 4.76. The first-order chi connectivity index (χ1) is 13.7. The molecule has 1 fully saturated rings. The van der Waals surface area contributed by atoms with Gasteiger partial charge in [-0.3, -0.25) is 9.59 Å². The molecule has 0 bridgehead atoms. The van der Waals surface area contributed by atoms with Crippen LogP contribution >= 0.6 is 11.3 Å². The summed E-state index contributed by atoms with van der Waals surface area (Å²) in [6.45, 7) is 1.30. The molecule has 1 aliphatic rings. The molecule has 0 N–H and O–H groups in total. The third kappa shape index (κ3) is 4.03. The van der Waals surface area contributed by atoms with E-state index < -0.39 is 0 Å². The number of carbonyl (C=O) groups excluding carboxylic acids is 2. The fraction of sp³-hybridized carbons (Fsp3) is 0.227. The average molecular weight is 392 g/mol. The number of benzene rings is 2. The van der Waals surface area contributed by atoms with Crippen molar-refractivity contribution in [2.45, 2.75) is 12.5 Å². The number of carbonyl (C=O) groups is 2. The number of ketones is 1. The van der Waals surface area contributed by atoms with Crippen molar-refractivity contribution < 1.29 is 14.3 Å². The molecule has 0 spiro atoms. The molecule has 1 atom stereocenters. The number of thiazole rings is 1. The minimum atomic E-state index is -0.280. The van der Waals surface area contributed by atoms with Crippen LogP contribution in [0.3, 0.4) is 0 Å². The van der Waals surface area contributed by atoms with Crippen molar-refractivity contribution in [3.63, 3.8) is 0 Å². The van der Waals surface area contributed by atoms with E-state index in [2.05, 4.69) is 4.98 Å². The monoisotopic (exact) mass is 392 g/mol. The summed E-state index contributed by atoms with van der Waals surface area (Å²) >= 11 is 1.34. The first-order valence-corrected chi connectivity index (χ1v) is 10.1. The number of aromatic nitrogens is 1. The minimum Gasteiger partial charge on any atom is -0.377 e. The molecule has 0 aliphatic carbocycles. The molecule has 1 aliphatic heterocycles. The van der Waals surface area contributed by atoms with Gasteiger partial charge in [-0.1, -0.05) is 60.7 Å². The number of ether oxygens (including phenoxy) is 1. The van der Waals surface area contributed by atoms with Gasteiger partial charge < -0.3 is 9.64 Å². The Balaban J connectivity index is 1.50. The zero-order valence-corrected chi connectivity index (χ0v) is 16.1. The van der Waals surface area contributed by atoms with Crippen molar-refractivity contribution in [1.29, 1.82) is 0 Å². The number of nitrogens with zero attached hydrogens (tertiary/aromatic N) is 2. The van der Waals surface area contributed by atoms with Crippen LogP contribution in [0, 0.1) is 0 Å². The molecule has 4 rings (SSSR count). The zero-order valence-electron chi connectivity index (χ0n) is 15.3. The number of amides is 1. The lowest BCUT2D eigenvalue weighted by atomic mass is 10.0. The van der Waals surface area contributed by atoms with Gasteiger partial charge in [-0.25, -0.2) is 4.98 Å². The van der Waals surface area contributed by atoms with Crippen LogP contribution in [0.1, 0.15) is 26.6 Å². The van der Waals surface area contributed by atoms with Gasteiger partial charge in [0.05, 0.1) is 24.9 Å². The lowest BCUT2D eigenvalue weighted by molar-refractivity contribution is -0.00281. The van der Waals surface area contributed by atoms with Crippen LogP contribution in [-0.2, 0) is 4.74 Å². The Hall–Kier alpha value is -2.83. The van der Waals surface area contributed by atoms with E-state index in [1.165, 1.54) is 11.3 Å². The van der Waals surface area contributed by atoms with Gasteiger partial charge in [-0.15, -0.1) is 11.3 Å². The molecular weight excluding hydrogens is 372 g/mol. The van der Waals surface area contributed by atoms with Crippen LogP contribution in [0.25, 0.3) is 11.3 Å². The van der Waals surface area contributed by atoms with Crippen LogP contribution in [-0.4, -0.2) is 47.4 Å². The maximum Gasteiger partial charge on any atom is 0.283 e. The normalized spacial score (nSPS) is 16.7. The van der Waals surface area contributed by atoms with Gasteiger partial charge in [0.2, 0.25) is 0 Å². The largest absolute Gasteiger partial charge is 0.377 e. The molecule has 2 heterocycles. The first-order valence-electron chi connectivity index (χ1n) is 9.20. The molecule has 1 saturated heterocycles. The molecule has 6 heteroatoms. The highest BCUT2D eigenvalue weighted by Gasteiger charge is 2.31. The lowest BCUT2D eigenvalue weighted by Crippen LogP contribution is -2.49. The van der Waals surface area contributed by atoms with Crippen molar-refractivity contribution in [1.82, 2.24) is 9.88 Å². The summed E-state index contributed by atoms with van der Waals surface area (Å²) in [5, 5.41) is 2.34. The molecule has 142 valence electrons. The summed E-state index contributed by atoms with van der Waals surface area (Å²) in [6.07, 6.45) is 0.243. The number of hydrogen-bond acceptors (Lipinski definition) is 5. The molecule has 2 aromatic carbocycles. The molecule has 28 heavy (non-hydrogen) atoms. The lowest BCUT2D eigenvalue weighted by Gasteiger charge is -2.34. The third-order valence-corrected chi connectivity index (χ3v) is 5.59. The SMILES string of the molecule is O=C(C[C@@H]1COCCN1C(=O)c1nc(-c2ccccc2)cs1)c1ccccc1. The van der Waals surface area contributed by atoms with Gasteiger partial charge in [0.1, 0.15) is 0 Å². The smallest absolute Gasteiger partial charge is 0.283 e. The van der Waals surface area contributed by atoms with E-state index in [9.17, 15) is 9.59 Å². The van der Waals surface area contributed by atoms with E-state index in [0.717, 1.165) is 11.3 Å². The summed E-state index contributed by atoms with van der Waals surface area (Å²) in [5.74, 6) is -0.126. The Morgan fingerprint density at radius 2 is 1.79 bits per heavy atom. The van der Waals surface area contributed by atoms with Gasteiger partial charge in [-0.05, 0) is 0 Å². The summed E-state index contributed by atoms with van der Waals surface area (Å²) in [6, 6.07) is 18.7. The van der Waals surface area contributed by atoms with E-state index in [4.69, 9.17) is 4.74 Å². The maximum atomic E-state index is 13.1. The minimum absolute atomic E-state index is 0.0120. The molecular formula is C22H20N2O3S. The van der Waals surface area contributed by atoms with Gasteiger partial charge in [-0.2, -0.15) is 0 Å². The fourth-order valence-corrected chi connectivity index (χ4v) is 4.06. The molecule has 0 saturated carbocycles. The maximum absolute atomic E-state index is 13.1. The van der Waals surface area contributed by atoms with E-state index >= 15 is 0 Å². The molecule has 1 aromatic heterocycles. The average Bonchev–Trinajstić information content (AvgIpc) is 3.25. The van der Waals surface area contributed by atoms with Crippen molar-refractivity contribution in [2.24, 2.45) is 0 Å². The van der Waals surface area contributed by atoms with Crippen molar-refractivity contribution >= 4 is 23.0 Å². The number of morpholine rings is 1. The Kier molecular flexibility index (Phi) is 5.60. The second-order valence-electron chi connectivity index (χ2n) is 6.62. The van der Waals surface area contributed by atoms with Crippen LogP contribution < -0.4 is 0 Å². The highest BCUT2D eigenvalue weighted by Crippen LogP contribution is 2.24. The number of hydrogen-bond donors (Lipinski definition) is 0. The Labute approximate surface area is 167 Å². The van der Waals surface area contributed by atoms with E-state index in [1.807, 2.05) is 53.9 Å². The predicted octanol–water partition coefficient (Wildman–Crippen LogP) is 3.92. The number of rotatable bonds is 5. The highest BCUT2D eigenvalue weighted by molar-refractivity contribution is 7.12. The van der Waals surface area contributed by atoms with Gasteiger partial charge in [0.25, 0.3) is 5.91 Å². The van der Waals surface area contributed by atoms with E-state index in [1.54, 1.807) is 17.0 Å². The molecule has 3 aromatic rings. The summed E-state index contributed by atoms with van der Waals surface area (Å²) < 4.78 is 5.55. The highest BCUT2D eigenvalue weighted by atomic mass is 32.1. The van der Waals surface area contributed by atoms with Crippen LogP contribution in [0.2, 0.25) is 0 Å². The van der Waals surface area contributed by atoms with Gasteiger partial charge in [0, 0.05) is 29.5 Å².